The minimum atomic E-state index is -3.14. The molecule has 0 spiro atoms. The zero-order valence-electron chi connectivity index (χ0n) is 22.2. The number of ether oxygens (including phenoxy) is 2. The summed E-state index contributed by atoms with van der Waals surface area (Å²) in [6.07, 6.45) is 8.60. The van der Waals surface area contributed by atoms with E-state index in [0.29, 0.717) is 48.5 Å². The second kappa shape index (κ2) is 12.6. The molecule has 2 aromatic rings. The number of fused-ring (bicyclic) bond motifs is 3. The summed E-state index contributed by atoms with van der Waals surface area (Å²) in [6.45, 7) is 1.43. The van der Waals surface area contributed by atoms with Gasteiger partial charge in [0.25, 0.3) is 5.91 Å². The molecule has 0 aromatic heterocycles. The summed E-state index contributed by atoms with van der Waals surface area (Å²) in [5, 5.41) is 6.71. The Kier molecular flexibility index (Phi) is 9.23. The van der Waals surface area contributed by atoms with Gasteiger partial charge in [-0.2, -0.15) is 0 Å². The topological polar surface area (TPSA) is 94.2 Å². The van der Waals surface area contributed by atoms with Gasteiger partial charge in [-0.25, -0.2) is 9.35 Å². The van der Waals surface area contributed by atoms with E-state index in [4.69, 9.17) is 26.2 Å². The summed E-state index contributed by atoms with van der Waals surface area (Å²) in [4.78, 5) is 15.5. The van der Waals surface area contributed by atoms with E-state index in [2.05, 4.69) is 33.5 Å². The van der Waals surface area contributed by atoms with E-state index in [1.165, 1.54) is 11.1 Å². The first-order chi connectivity index (χ1) is 18.8. The highest BCUT2D eigenvalue weighted by atomic mass is 35.5. The van der Waals surface area contributed by atoms with Crippen LogP contribution < -0.4 is 14.8 Å². The first-order valence-electron chi connectivity index (χ1n) is 13.5. The molecule has 1 aliphatic carbocycles. The molecule has 0 radical (unpaired) electrons. The third-order valence-corrected chi connectivity index (χ3v) is 10.2. The summed E-state index contributed by atoms with van der Waals surface area (Å²) in [6, 6.07) is 11.4. The monoisotopic (exact) mass is 589 g/mol. The minimum absolute atomic E-state index is 0.0126. The maximum atomic E-state index is 13.2. The fourth-order valence-corrected chi connectivity index (χ4v) is 7.56. The van der Waals surface area contributed by atoms with Crippen LogP contribution in [0.5, 0.6) is 5.75 Å². The highest BCUT2D eigenvalue weighted by molar-refractivity contribution is 7.99. The predicted molar refractivity (Wildman–Crippen MR) is 160 cm³/mol. The van der Waals surface area contributed by atoms with Gasteiger partial charge in [0.05, 0.1) is 11.8 Å². The van der Waals surface area contributed by atoms with Crippen molar-refractivity contribution >= 4 is 44.9 Å². The van der Waals surface area contributed by atoms with Crippen LogP contribution in [0.4, 0.5) is 5.69 Å². The van der Waals surface area contributed by atoms with Crippen LogP contribution >= 0.6 is 23.4 Å². The molecular formula is C29H36ClN3O4S2. The summed E-state index contributed by atoms with van der Waals surface area (Å²) in [5.41, 5.74) is 3.60. The molecule has 2 N–H and O–H groups in total. The number of nitrogens with two attached hydrogens (primary N) is 1. The molecule has 4 atom stereocenters. The van der Waals surface area contributed by atoms with Crippen LogP contribution in [0.1, 0.15) is 47.2 Å². The van der Waals surface area contributed by atoms with Gasteiger partial charge in [-0.3, -0.25) is 4.79 Å². The van der Waals surface area contributed by atoms with E-state index < -0.39 is 15.8 Å². The van der Waals surface area contributed by atoms with E-state index in [1.807, 2.05) is 18.2 Å². The van der Waals surface area contributed by atoms with Crippen molar-refractivity contribution in [2.24, 2.45) is 21.3 Å². The van der Waals surface area contributed by atoms with E-state index >= 15 is 0 Å². The SMILES string of the molecule is CO[C@H]1/C=C/CCCS(N)(=O)=NC(=O)c2ccc3c(c2)N(Cc2ccc(Cl)cc2CCSCO3)C[C@@H]2CC[C@H]21. The van der Waals surface area contributed by atoms with Crippen LogP contribution in [0.25, 0.3) is 0 Å². The average molecular weight is 590 g/mol. The van der Waals surface area contributed by atoms with Gasteiger partial charge in [0.1, 0.15) is 21.6 Å². The Morgan fingerprint density at radius 3 is 2.87 bits per heavy atom. The number of anilines is 1. The fourth-order valence-electron chi connectivity index (χ4n) is 5.61. The van der Waals surface area contributed by atoms with Crippen LogP contribution in [0.15, 0.2) is 52.9 Å². The quantitative estimate of drug-likeness (QED) is 0.420. The second-order valence-electron chi connectivity index (χ2n) is 10.5. The Morgan fingerprint density at radius 2 is 2.08 bits per heavy atom. The molecule has 2 bridgehead atoms. The number of amides is 1. The van der Waals surface area contributed by atoms with Crippen LogP contribution in [-0.4, -0.2) is 47.3 Å². The number of benzene rings is 2. The Hall–Kier alpha value is -2.04. The fraction of sp³-hybridized carbons (Fsp3) is 0.483. The zero-order chi connectivity index (χ0) is 27.4. The summed E-state index contributed by atoms with van der Waals surface area (Å²) in [7, 11) is -1.38. The standard InChI is InChI=1S/C29H36ClN3O4S2/c1-36-27-5-3-2-4-14-39(31,35)32-29(34)21-8-11-28-26(16-21)33(18-23-7-10-25(23)27)17-22-6-9-24(30)15-20(22)12-13-38-19-37-28/h3,5-6,8-9,11,15-16,23,25,27H,2,4,7,10,12-14,17-19H2,1H3,(H2,31,32,34,35)/b5-3+/t23-,25+,27-,39?/m0/s1. The molecule has 39 heavy (non-hydrogen) atoms. The van der Waals surface area contributed by atoms with Gasteiger partial charge in [0.15, 0.2) is 0 Å². The zero-order valence-corrected chi connectivity index (χ0v) is 24.6. The molecule has 2 heterocycles. The van der Waals surface area contributed by atoms with Crippen molar-refractivity contribution in [3.63, 3.8) is 0 Å². The van der Waals surface area contributed by atoms with E-state index in [0.717, 1.165) is 42.3 Å². The largest absolute Gasteiger partial charge is 0.481 e. The number of nitrogens with zero attached hydrogens (tertiary/aromatic N) is 2. The highest BCUT2D eigenvalue weighted by Crippen LogP contribution is 2.42. The second-order valence-corrected chi connectivity index (χ2v) is 13.9. The molecule has 1 saturated carbocycles. The van der Waals surface area contributed by atoms with Crippen molar-refractivity contribution < 1.29 is 18.5 Å². The van der Waals surface area contributed by atoms with Gasteiger partial charge in [-0.1, -0.05) is 29.8 Å². The molecule has 0 saturated heterocycles. The first kappa shape index (κ1) is 28.5. The summed E-state index contributed by atoms with van der Waals surface area (Å²) in [5.74, 6) is 2.52. The van der Waals surface area contributed by atoms with E-state index in [-0.39, 0.29) is 11.9 Å². The Balaban J connectivity index is 1.61. The molecule has 5 rings (SSSR count). The third-order valence-electron chi connectivity index (χ3n) is 7.89. The number of carbonyl (C=O) groups excluding carboxylic acids is 1. The lowest BCUT2D eigenvalue weighted by atomic mass is 9.70. The van der Waals surface area contributed by atoms with Gasteiger partial charge in [-0.05, 0) is 85.4 Å². The van der Waals surface area contributed by atoms with Crippen molar-refractivity contribution in [2.75, 3.05) is 36.0 Å². The molecule has 10 heteroatoms. The number of rotatable bonds is 1. The van der Waals surface area contributed by atoms with Gasteiger partial charge in [0.2, 0.25) is 0 Å². The normalized spacial score (nSPS) is 28.9. The number of allylic oxidation sites excluding steroid dienone is 1. The van der Waals surface area contributed by atoms with Crippen molar-refractivity contribution in [1.29, 1.82) is 0 Å². The van der Waals surface area contributed by atoms with Crippen molar-refractivity contribution in [3.8, 4) is 5.75 Å². The number of halogens is 1. The lowest BCUT2D eigenvalue weighted by Crippen LogP contribution is -2.43. The number of carbonyl (C=O) groups is 1. The predicted octanol–water partition coefficient (Wildman–Crippen LogP) is 5.85. The number of methoxy groups -OCH3 is 1. The van der Waals surface area contributed by atoms with Crippen molar-refractivity contribution in [2.45, 2.75) is 44.8 Å². The smallest absolute Gasteiger partial charge is 0.286 e. The van der Waals surface area contributed by atoms with Gasteiger partial charge < -0.3 is 14.4 Å². The Labute approximate surface area is 240 Å². The minimum Gasteiger partial charge on any atom is -0.481 e. The first-order valence-corrected chi connectivity index (χ1v) is 16.7. The number of aryl methyl sites for hydroxylation is 1. The van der Waals surface area contributed by atoms with Gasteiger partial charge in [0, 0.05) is 42.3 Å². The molecule has 1 unspecified atom stereocenters. The summed E-state index contributed by atoms with van der Waals surface area (Å²) < 4.78 is 29.0. The molecular weight excluding hydrogens is 554 g/mol. The summed E-state index contributed by atoms with van der Waals surface area (Å²) >= 11 is 8.10. The van der Waals surface area contributed by atoms with Gasteiger partial charge >= 0.3 is 0 Å². The van der Waals surface area contributed by atoms with Crippen molar-refractivity contribution in [1.82, 2.24) is 0 Å². The van der Waals surface area contributed by atoms with Gasteiger partial charge in [-0.15, -0.1) is 16.1 Å². The maximum absolute atomic E-state index is 13.2. The molecule has 210 valence electrons. The van der Waals surface area contributed by atoms with Crippen molar-refractivity contribution in [3.05, 3.63) is 70.3 Å². The molecule has 1 fully saturated rings. The lowest BCUT2D eigenvalue weighted by Gasteiger charge is -2.43. The number of thioether (sulfide) groups is 1. The molecule has 2 aromatic carbocycles. The van der Waals surface area contributed by atoms with E-state index in [1.54, 1.807) is 24.9 Å². The Morgan fingerprint density at radius 1 is 1.21 bits per heavy atom. The third kappa shape index (κ3) is 7.00. The Bertz CT molecular complexity index is 1360. The molecule has 3 aliphatic rings. The number of hydrogen-bond acceptors (Lipinski definition) is 6. The van der Waals surface area contributed by atoms with Crippen LogP contribution in [0, 0.1) is 11.8 Å². The number of hydrogen-bond donors (Lipinski definition) is 1. The van der Waals surface area contributed by atoms with Crippen LogP contribution in [-0.2, 0) is 27.6 Å². The molecule has 7 nitrogen and oxygen atoms in total. The lowest BCUT2D eigenvalue weighted by molar-refractivity contribution is 0.0134. The molecule has 2 aliphatic heterocycles. The average Bonchev–Trinajstić information content (AvgIpc) is 2.92. The molecule has 1 amide bonds. The maximum Gasteiger partial charge on any atom is 0.286 e. The van der Waals surface area contributed by atoms with Crippen LogP contribution in [0.2, 0.25) is 5.02 Å². The van der Waals surface area contributed by atoms with E-state index in [9.17, 15) is 9.00 Å². The van der Waals surface area contributed by atoms with Crippen LogP contribution in [0.3, 0.4) is 0 Å². The highest BCUT2D eigenvalue weighted by Gasteiger charge is 2.38.